The number of hydrogen-bond acceptors (Lipinski definition) is 5. The first-order chi connectivity index (χ1) is 15.3. The van der Waals surface area contributed by atoms with Crippen LogP contribution >= 0.6 is 0 Å². The second kappa shape index (κ2) is 11.5. The van der Waals surface area contributed by atoms with E-state index in [1.807, 2.05) is 56.0 Å². The zero-order chi connectivity index (χ0) is 23.0. The maximum Gasteiger partial charge on any atom is 0.410 e. The highest BCUT2D eigenvalue weighted by atomic mass is 16.6. The van der Waals surface area contributed by atoms with Crippen LogP contribution in [-0.2, 0) is 16.1 Å². The van der Waals surface area contributed by atoms with E-state index in [4.69, 9.17) is 9.47 Å². The molecule has 0 spiro atoms. The summed E-state index contributed by atoms with van der Waals surface area (Å²) in [7, 11) is 0. The third-order valence-electron chi connectivity index (χ3n) is 6.16. The Morgan fingerprint density at radius 1 is 1.03 bits per heavy atom. The van der Waals surface area contributed by atoms with Gasteiger partial charge in [-0.25, -0.2) is 9.59 Å². The molecule has 1 saturated heterocycles. The van der Waals surface area contributed by atoms with Crippen molar-refractivity contribution in [3.8, 4) is 0 Å². The quantitative estimate of drug-likeness (QED) is 0.676. The lowest BCUT2D eigenvalue weighted by Gasteiger charge is -2.34. The SMILES string of the molecule is CC(C)(C)OC(=O)N[C@@H]1CCC[C@H](CNC2CCN(C(=O)OCc3ccccc3)CC2)C1. The second-order valence-electron chi connectivity index (χ2n) is 10.1. The fourth-order valence-corrected chi connectivity index (χ4v) is 4.49. The highest BCUT2D eigenvalue weighted by Crippen LogP contribution is 2.25. The first kappa shape index (κ1) is 24.4. The predicted molar refractivity (Wildman–Crippen MR) is 124 cm³/mol. The monoisotopic (exact) mass is 445 g/mol. The van der Waals surface area contributed by atoms with Crippen molar-refractivity contribution in [2.45, 2.75) is 83.6 Å². The molecule has 0 bridgehead atoms. The van der Waals surface area contributed by atoms with Gasteiger partial charge in [0.15, 0.2) is 0 Å². The molecular weight excluding hydrogens is 406 g/mol. The van der Waals surface area contributed by atoms with Crippen molar-refractivity contribution in [2.24, 2.45) is 5.92 Å². The van der Waals surface area contributed by atoms with E-state index in [0.717, 1.165) is 57.3 Å². The number of rotatable bonds is 6. The van der Waals surface area contributed by atoms with E-state index < -0.39 is 5.60 Å². The molecule has 32 heavy (non-hydrogen) atoms. The highest BCUT2D eigenvalue weighted by molar-refractivity contribution is 5.68. The van der Waals surface area contributed by atoms with Crippen LogP contribution in [0, 0.1) is 5.92 Å². The first-order valence-corrected chi connectivity index (χ1v) is 12.0. The number of ether oxygens (including phenoxy) is 2. The van der Waals surface area contributed by atoms with Crippen LogP contribution in [0.3, 0.4) is 0 Å². The Morgan fingerprint density at radius 2 is 1.75 bits per heavy atom. The molecule has 1 heterocycles. The summed E-state index contributed by atoms with van der Waals surface area (Å²) in [6.07, 6.45) is 5.64. The van der Waals surface area contributed by atoms with Gasteiger partial charge in [0, 0.05) is 25.2 Å². The van der Waals surface area contributed by atoms with Crippen LogP contribution in [0.1, 0.15) is 64.9 Å². The molecular formula is C25H39N3O4. The molecule has 2 fully saturated rings. The third kappa shape index (κ3) is 8.34. The average Bonchev–Trinajstić information content (AvgIpc) is 2.76. The molecule has 7 heteroatoms. The normalized spacial score (nSPS) is 22.3. The lowest BCUT2D eigenvalue weighted by atomic mass is 9.85. The number of hydrogen-bond donors (Lipinski definition) is 2. The zero-order valence-corrected chi connectivity index (χ0v) is 19.8. The van der Waals surface area contributed by atoms with E-state index in [-0.39, 0.29) is 18.2 Å². The lowest BCUT2D eigenvalue weighted by Crippen LogP contribution is -2.47. The first-order valence-electron chi connectivity index (χ1n) is 12.0. The minimum Gasteiger partial charge on any atom is -0.445 e. The van der Waals surface area contributed by atoms with Crippen LogP contribution in [0.4, 0.5) is 9.59 Å². The summed E-state index contributed by atoms with van der Waals surface area (Å²) in [5.74, 6) is 0.553. The van der Waals surface area contributed by atoms with Crippen molar-refractivity contribution in [1.29, 1.82) is 0 Å². The van der Waals surface area contributed by atoms with E-state index in [1.54, 1.807) is 0 Å². The van der Waals surface area contributed by atoms with Crippen molar-refractivity contribution in [3.63, 3.8) is 0 Å². The Kier molecular flexibility index (Phi) is 8.79. The molecule has 2 amide bonds. The van der Waals surface area contributed by atoms with E-state index in [2.05, 4.69) is 10.6 Å². The average molecular weight is 446 g/mol. The molecule has 0 unspecified atom stereocenters. The van der Waals surface area contributed by atoms with Crippen LogP contribution < -0.4 is 10.6 Å². The van der Waals surface area contributed by atoms with Gasteiger partial charge in [0.25, 0.3) is 0 Å². The number of likely N-dealkylation sites (tertiary alicyclic amines) is 1. The van der Waals surface area contributed by atoms with Crippen LogP contribution in [0.25, 0.3) is 0 Å². The van der Waals surface area contributed by atoms with E-state index in [1.165, 1.54) is 6.42 Å². The van der Waals surface area contributed by atoms with Gasteiger partial charge in [-0.15, -0.1) is 0 Å². The Balaban J connectivity index is 1.32. The molecule has 178 valence electrons. The number of alkyl carbamates (subject to hydrolysis) is 1. The number of nitrogens with zero attached hydrogens (tertiary/aromatic N) is 1. The summed E-state index contributed by atoms with van der Waals surface area (Å²) >= 11 is 0. The van der Waals surface area contributed by atoms with Gasteiger partial charge < -0.3 is 25.0 Å². The van der Waals surface area contributed by atoms with Gasteiger partial charge in [-0.05, 0) is 70.9 Å². The summed E-state index contributed by atoms with van der Waals surface area (Å²) in [6, 6.07) is 10.4. The van der Waals surface area contributed by atoms with E-state index in [9.17, 15) is 9.59 Å². The van der Waals surface area contributed by atoms with Gasteiger partial charge in [0.2, 0.25) is 0 Å². The molecule has 0 radical (unpaired) electrons. The zero-order valence-electron chi connectivity index (χ0n) is 19.8. The summed E-state index contributed by atoms with van der Waals surface area (Å²) in [6.45, 7) is 8.36. The minimum absolute atomic E-state index is 0.187. The van der Waals surface area contributed by atoms with Crippen LogP contribution in [0.5, 0.6) is 0 Å². The Hall–Kier alpha value is -2.28. The molecule has 1 aromatic rings. The lowest BCUT2D eigenvalue weighted by molar-refractivity contribution is 0.0483. The van der Waals surface area contributed by atoms with Crippen molar-refractivity contribution < 1.29 is 19.1 Å². The number of amides is 2. The predicted octanol–water partition coefficient (Wildman–Crippen LogP) is 4.46. The molecule has 0 aromatic heterocycles. The maximum absolute atomic E-state index is 12.3. The van der Waals surface area contributed by atoms with E-state index in [0.29, 0.717) is 18.6 Å². The summed E-state index contributed by atoms with van der Waals surface area (Å²) in [4.78, 5) is 26.2. The van der Waals surface area contributed by atoms with Gasteiger partial charge in [-0.2, -0.15) is 0 Å². The summed E-state index contributed by atoms with van der Waals surface area (Å²) in [5.41, 5.74) is 0.534. The molecule has 1 aliphatic heterocycles. The number of carbonyl (C=O) groups is 2. The summed E-state index contributed by atoms with van der Waals surface area (Å²) in [5, 5.41) is 6.74. The molecule has 1 aliphatic carbocycles. The van der Waals surface area contributed by atoms with Gasteiger partial charge in [-0.1, -0.05) is 36.8 Å². The number of nitrogens with one attached hydrogen (secondary N) is 2. The standard InChI is InChI=1S/C25H39N3O4/c1-25(2,3)32-23(29)27-22-11-7-10-20(16-22)17-26-21-12-14-28(15-13-21)24(30)31-18-19-8-5-4-6-9-19/h4-6,8-9,20-22,26H,7,10-18H2,1-3H3,(H,27,29)/t20-,22+/m0/s1. The number of piperidine rings is 1. The van der Waals surface area contributed by atoms with Crippen molar-refractivity contribution in [3.05, 3.63) is 35.9 Å². The second-order valence-corrected chi connectivity index (χ2v) is 10.1. The van der Waals surface area contributed by atoms with Crippen LogP contribution in [-0.4, -0.2) is 54.4 Å². The highest BCUT2D eigenvalue weighted by Gasteiger charge is 2.27. The number of carbonyl (C=O) groups excluding carboxylic acids is 2. The van der Waals surface area contributed by atoms with Gasteiger partial charge in [-0.3, -0.25) is 0 Å². The van der Waals surface area contributed by atoms with Gasteiger partial charge in [0.05, 0.1) is 0 Å². The van der Waals surface area contributed by atoms with Crippen LogP contribution in [0.2, 0.25) is 0 Å². The summed E-state index contributed by atoms with van der Waals surface area (Å²) < 4.78 is 10.8. The minimum atomic E-state index is -0.470. The molecule has 7 nitrogen and oxygen atoms in total. The van der Waals surface area contributed by atoms with Crippen molar-refractivity contribution >= 4 is 12.2 Å². The molecule has 2 aliphatic rings. The number of benzene rings is 1. The molecule has 1 aromatic carbocycles. The third-order valence-corrected chi connectivity index (χ3v) is 6.16. The van der Waals surface area contributed by atoms with Crippen molar-refractivity contribution in [1.82, 2.24) is 15.5 Å². The molecule has 1 saturated carbocycles. The molecule has 2 N–H and O–H groups in total. The Morgan fingerprint density at radius 3 is 2.44 bits per heavy atom. The maximum atomic E-state index is 12.3. The van der Waals surface area contributed by atoms with Gasteiger partial charge >= 0.3 is 12.2 Å². The van der Waals surface area contributed by atoms with Gasteiger partial charge in [0.1, 0.15) is 12.2 Å². The Bertz CT molecular complexity index is 726. The fourth-order valence-electron chi connectivity index (χ4n) is 4.49. The molecule has 2 atom stereocenters. The fraction of sp³-hybridized carbons (Fsp3) is 0.680. The van der Waals surface area contributed by atoms with Crippen molar-refractivity contribution in [2.75, 3.05) is 19.6 Å². The smallest absolute Gasteiger partial charge is 0.410 e. The van der Waals surface area contributed by atoms with E-state index >= 15 is 0 Å². The largest absolute Gasteiger partial charge is 0.445 e. The topological polar surface area (TPSA) is 79.9 Å². The van der Waals surface area contributed by atoms with Crippen LogP contribution in [0.15, 0.2) is 30.3 Å². The Labute approximate surface area is 192 Å². The molecule has 3 rings (SSSR count).